The lowest BCUT2D eigenvalue weighted by Gasteiger charge is -2.12. The van der Waals surface area contributed by atoms with Crippen LogP contribution in [-0.2, 0) is 6.54 Å². The van der Waals surface area contributed by atoms with E-state index in [1.807, 2.05) is 7.05 Å². The summed E-state index contributed by atoms with van der Waals surface area (Å²) in [6.45, 7) is 8.20. The topological polar surface area (TPSA) is 34.1 Å². The van der Waals surface area contributed by atoms with Crippen LogP contribution >= 0.6 is 0 Å². The largest absolute Gasteiger partial charge is 0.478 e. The molecule has 0 aromatic carbocycles. The highest BCUT2D eigenvalue weighted by Gasteiger charge is 2.07. The summed E-state index contributed by atoms with van der Waals surface area (Å²) in [6.07, 6.45) is 6.29. The van der Waals surface area contributed by atoms with Gasteiger partial charge in [0.2, 0.25) is 5.88 Å². The summed E-state index contributed by atoms with van der Waals surface area (Å²) in [7, 11) is 1.96. The minimum absolute atomic E-state index is 0.429. The monoisotopic (exact) mass is 278 g/mol. The summed E-state index contributed by atoms with van der Waals surface area (Å²) < 4.78 is 5.83. The van der Waals surface area contributed by atoms with E-state index in [-0.39, 0.29) is 0 Å². The van der Waals surface area contributed by atoms with Gasteiger partial charge in [-0.25, -0.2) is 4.98 Å². The van der Waals surface area contributed by atoms with E-state index in [2.05, 4.69) is 43.2 Å². The van der Waals surface area contributed by atoms with E-state index >= 15 is 0 Å². The van der Waals surface area contributed by atoms with E-state index < -0.39 is 0 Å². The van der Waals surface area contributed by atoms with Gasteiger partial charge in [0.1, 0.15) is 0 Å². The Bertz CT molecular complexity index is 377. The molecule has 1 aromatic heterocycles. The van der Waals surface area contributed by atoms with E-state index in [1.54, 1.807) is 0 Å². The molecule has 3 nitrogen and oxygen atoms in total. The summed E-state index contributed by atoms with van der Waals surface area (Å²) in [5.74, 6) is 1.20. The number of hydrogen-bond acceptors (Lipinski definition) is 3. The fraction of sp³-hybridized carbons (Fsp3) is 0.706. The first kappa shape index (κ1) is 17.0. The third-order valence-electron chi connectivity index (χ3n) is 3.35. The van der Waals surface area contributed by atoms with Crippen molar-refractivity contribution < 1.29 is 4.74 Å². The average molecular weight is 278 g/mol. The zero-order valence-corrected chi connectivity index (χ0v) is 13.5. The highest BCUT2D eigenvalue weighted by atomic mass is 16.5. The van der Waals surface area contributed by atoms with Crippen LogP contribution in [0.25, 0.3) is 0 Å². The summed E-state index contributed by atoms with van der Waals surface area (Å²) in [6, 6.07) is 4.21. The van der Waals surface area contributed by atoms with Crippen LogP contribution in [0.4, 0.5) is 0 Å². The molecule has 0 unspecified atom stereocenters. The van der Waals surface area contributed by atoms with Crippen molar-refractivity contribution in [1.29, 1.82) is 0 Å². The van der Waals surface area contributed by atoms with Gasteiger partial charge >= 0.3 is 0 Å². The number of ether oxygens (including phenoxy) is 1. The van der Waals surface area contributed by atoms with Gasteiger partial charge in [0, 0.05) is 18.3 Å². The van der Waals surface area contributed by atoms with E-state index in [9.17, 15) is 0 Å². The highest BCUT2D eigenvalue weighted by Crippen LogP contribution is 2.19. The molecule has 0 aliphatic rings. The van der Waals surface area contributed by atoms with Crippen LogP contribution in [0.1, 0.15) is 70.1 Å². The van der Waals surface area contributed by atoms with Gasteiger partial charge in [-0.1, -0.05) is 46.5 Å². The number of nitrogens with zero attached hydrogens (tertiary/aromatic N) is 1. The summed E-state index contributed by atoms with van der Waals surface area (Å²) in [5, 5.41) is 3.18. The van der Waals surface area contributed by atoms with E-state index in [1.165, 1.54) is 31.2 Å². The summed E-state index contributed by atoms with van der Waals surface area (Å²) in [4.78, 5) is 4.60. The van der Waals surface area contributed by atoms with Crippen LogP contribution in [0.5, 0.6) is 5.88 Å². The fourth-order valence-electron chi connectivity index (χ4n) is 2.14. The second kappa shape index (κ2) is 9.76. The van der Waals surface area contributed by atoms with Crippen LogP contribution in [0.2, 0.25) is 0 Å². The van der Waals surface area contributed by atoms with Crippen molar-refractivity contribution in [3.05, 3.63) is 23.4 Å². The number of unbranched alkanes of at least 4 members (excludes halogenated alkanes) is 4. The molecule has 20 heavy (non-hydrogen) atoms. The predicted molar refractivity (Wildman–Crippen MR) is 85.3 cm³/mol. The molecule has 0 bridgehead atoms. The second-order valence-corrected chi connectivity index (χ2v) is 5.69. The van der Waals surface area contributed by atoms with Crippen LogP contribution in [0.3, 0.4) is 0 Å². The Balaban J connectivity index is 2.50. The average Bonchev–Trinajstić information content (AvgIpc) is 2.43. The molecule has 0 aliphatic carbocycles. The van der Waals surface area contributed by atoms with E-state index in [4.69, 9.17) is 4.74 Å². The van der Waals surface area contributed by atoms with Crippen molar-refractivity contribution in [2.45, 2.75) is 65.3 Å². The van der Waals surface area contributed by atoms with Gasteiger partial charge < -0.3 is 10.1 Å². The molecule has 0 radical (unpaired) electrons. The third-order valence-corrected chi connectivity index (χ3v) is 3.35. The van der Waals surface area contributed by atoms with Crippen LogP contribution in [-0.4, -0.2) is 18.6 Å². The Labute approximate surface area is 124 Å². The Morgan fingerprint density at radius 3 is 2.55 bits per heavy atom. The first-order chi connectivity index (χ1) is 9.67. The maximum atomic E-state index is 5.83. The van der Waals surface area contributed by atoms with Gasteiger partial charge in [-0.2, -0.15) is 0 Å². The number of hydrogen-bond donors (Lipinski definition) is 1. The Hall–Kier alpha value is -1.09. The van der Waals surface area contributed by atoms with Gasteiger partial charge in [-0.05, 0) is 31.0 Å². The van der Waals surface area contributed by atoms with Crippen molar-refractivity contribution in [2.75, 3.05) is 13.7 Å². The van der Waals surface area contributed by atoms with Gasteiger partial charge in [0.15, 0.2) is 0 Å². The molecule has 0 fully saturated rings. The maximum absolute atomic E-state index is 5.83. The minimum atomic E-state index is 0.429. The molecular formula is C17H30N2O. The summed E-state index contributed by atoms with van der Waals surface area (Å²) >= 11 is 0. The Morgan fingerprint density at radius 1 is 1.15 bits per heavy atom. The van der Waals surface area contributed by atoms with Crippen LogP contribution in [0.15, 0.2) is 12.1 Å². The molecule has 0 amide bonds. The van der Waals surface area contributed by atoms with Crippen molar-refractivity contribution in [2.24, 2.45) is 0 Å². The van der Waals surface area contributed by atoms with Gasteiger partial charge in [-0.3, -0.25) is 0 Å². The van der Waals surface area contributed by atoms with Crippen molar-refractivity contribution in [1.82, 2.24) is 10.3 Å². The first-order valence-electron chi connectivity index (χ1n) is 7.95. The molecule has 114 valence electrons. The Morgan fingerprint density at radius 2 is 1.90 bits per heavy atom. The molecule has 3 heteroatoms. The van der Waals surface area contributed by atoms with Crippen molar-refractivity contribution >= 4 is 0 Å². The van der Waals surface area contributed by atoms with Gasteiger partial charge in [-0.15, -0.1) is 0 Å². The van der Waals surface area contributed by atoms with Crippen molar-refractivity contribution in [3.8, 4) is 5.88 Å². The quantitative estimate of drug-likeness (QED) is 0.649. The van der Waals surface area contributed by atoms with Gasteiger partial charge in [0.25, 0.3) is 0 Å². The fourth-order valence-corrected chi connectivity index (χ4v) is 2.14. The zero-order chi connectivity index (χ0) is 14.8. The zero-order valence-electron chi connectivity index (χ0n) is 13.5. The standard InChI is InChI=1S/C17H30N2O/c1-5-6-7-8-9-10-20-17-12-15(13-18-4)11-16(19-17)14(2)3/h11-12,14,18H,5-10,13H2,1-4H3. The normalized spacial score (nSPS) is 11.1. The maximum Gasteiger partial charge on any atom is 0.213 e. The van der Waals surface area contributed by atoms with E-state index in [0.717, 1.165) is 31.1 Å². The second-order valence-electron chi connectivity index (χ2n) is 5.69. The number of pyridine rings is 1. The molecule has 1 rings (SSSR count). The SMILES string of the molecule is CCCCCCCOc1cc(CNC)cc(C(C)C)n1. The molecule has 0 atom stereocenters. The molecule has 0 aliphatic heterocycles. The van der Waals surface area contributed by atoms with Crippen molar-refractivity contribution in [3.63, 3.8) is 0 Å². The summed E-state index contributed by atoms with van der Waals surface area (Å²) in [5.41, 5.74) is 2.35. The molecular weight excluding hydrogens is 248 g/mol. The van der Waals surface area contributed by atoms with Gasteiger partial charge in [0.05, 0.1) is 6.61 Å². The highest BCUT2D eigenvalue weighted by molar-refractivity contribution is 5.26. The van der Waals surface area contributed by atoms with Crippen LogP contribution in [0, 0.1) is 0 Å². The number of nitrogens with one attached hydrogen (secondary N) is 1. The molecule has 1 N–H and O–H groups in total. The van der Waals surface area contributed by atoms with Crippen LogP contribution < -0.4 is 10.1 Å². The lowest BCUT2D eigenvalue weighted by Crippen LogP contribution is -2.08. The first-order valence-corrected chi connectivity index (χ1v) is 7.95. The Kier molecular flexibility index (Phi) is 8.28. The third kappa shape index (κ3) is 6.38. The molecule has 0 saturated heterocycles. The lowest BCUT2D eigenvalue weighted by atomic mass is 10.1. The molecule has 1 aromatic rings. The minimum Gasteiger partial charge on any atom is -0.478 e. The number of aromatic nitrogens is 1. The lowest BCUT2D eigenvalue weighted by molar-refractivity contribution is 0.292. The predicted octanol–water partition coefficient (Wildman–Crippen LogP) is 4.27. The number of rotatable bonds is 10. The molecule has 1 heterocycles. The smallest absolute Gasteiger partial charge is 0.213 e. The van der Waals surface area contributed by atoms with E-state index in [0.29, 0.717) is 5.92 Å². The molecule has 0 saturated carbocycles. The molecule has 0 spiro atoms.